The number of aliphatic carboxylic acids is 1. The number of imide groups is 1. The molecule has 0 aromatic heterocycles. The maximum atomic E-state index is 12.8. The Balaban J connectivity index is 1.54. The maximum Gasteiger partial charge on any atom is 0.333 e. The van der Waals surface area contributed by atoms with Gasteiger partial charge in [0.05, 0.1) is 18.1 Å². The molecule has 2 heterocycles. The zero-order valence-electron chi connectivity index (χ0n) is 29.8. The van der Waals surface area contributed by atoms with Crippen LogP contribution in [0.3, 0.4) is 0 Å². The van der Waals surface area contributed by atoms with E-state index in [9.17, 15) is 52.0 Å². The smallest absolute Gasteiger partial charge is 0.333 e. The molecule has 18 nitrogen and oxygen atoms in total. The highest BCUT2D eigenvalue weighted by atomic mass is 32.2. The van der Waals surface area contributed by atoms with Gasteiger partial charge in [0.15, 0.2) is 6.10 Å². The van der Waals surface area contributed by atoms with Gasteiger partial charge in [0.2, 0.25) is 18.1 Å². The molecule has 2 aliphatic heterocycles. The van der Waals surface area contributed by atoms with Crippen LogP contribution in [0, 0.1) is 5.41 Å². The number of unbranched alkanes of at least 4 members (excludes halogenated alkanes) is 2. The number of hydrogen-bond acceptors (Lipinski definition) is 13. The SMILES string of the molecule is CC(C)(C)C(=O)OCc1ccc(OC2CC(O)CC(C(=O)O)O2)cc1OCCCNC(=O)C(CS(=O)(=O)O)NC(=O)CCCCCN1C(=O)C=CC1=O. The van der Waals surface area contributed by atoms with Crippen molar-refractivity contribution < 1.29 is 70.9 Å². The minimum Gasteiger partial charge on any atom is -0.493 e. The summed E-state index contributed by atoms with van der Waals surface area (Å²) < 4.78 is 55.1. The van der Waals surface area contributed by atoms with Crippen LogP contribution in [0.5, 0.6) is 11.5 Å². The predicted octanol–water partition coefficient (Wildman–Crippen LogP) is 0.848. The van der Waals surface area contributed by atoms with Gasteiger partial charge in [-0.3, -0.25) is 33.4 Å². The number of rotatable bonds is 20. The summed E-state index contributed by atoms with van der Waals surface area (Å²) in [6.07, 6.45) is 0.335. The zero-order chi connectivity index (χ0) is 39.3. The quantitative estimate of drug-likeness (QED) is 0.0533. The second-order valence-corrected chi connectivity index (χ2v) is 15.1. The Kier molecular flexibility index (Phi) is 15.7. The van der Waals surface area contributed by atoms with E-state index in [1.54, 1.807) is 26.8 Å². The second kappa shape index (κ2) is 19.5. The van der Waals surface area contributed by atoms with Gasteiger partial charge in [0, 0.05) is 56.1 Å². The lowest BCUT2D eigenvalue weighted by Crippen LogP contribution is -2.50. The Morgan fingerprint density at radius 2 is 1.74 bits per heavy atom. The number of amides is 4. The lowest BCUT2D eigenvalue weighted by atomic mass is 9.97. The molecule has 0 aliphatic carbocycles. The third kappa shape index (κ3) is 14.8. The molecule has 1 aromatic rings. The molecule has 0 radical (unpaired) electrons. The average molecular weight is 770 g/mol. The summed E-state index contributed by atoms with van der Waals surface area (Å²) in [7, 11) is -4.66. The average Bonchev–Trinajstić information content (AvgIpc) is 3.38. The van der Waals surface area contributed by atoms with Gasteiger partial charge in [-0.05, 0) is 52.2 Å². The number of hydrogen-bond donors (Lipinski definition) is 5. The number of aliphatic hydroxyl groups excluding tert-OH is 1. The standard InChI is InChI=1S/C34H47N3O15S/c1-34(2,3)33(45)50-19-21-9-10-23(51-30-17-22(38)16-26(52-30)32(43)44)18-25(21)49-15-7-13-35-31(42)24(20-53(46,47)48)36-27(39)8-5-4-6-14-37-28(40)11-12-29(37)41/h9-12,18,22,24,26,30,38H,4-8,13-17,19-20H2,1-3H3,(H,35,42)(H,36,39)(H,43,44)(H,46,47,48). The Bertz CT molecular complexity index is 1620. The summed E-state index contributed by atoms with van der Waals surface area (Å²) >= 11 is 0. The van der Waals surface area contributed by atoms with Crippen LogP contribution in [0.2, 0.25) is 0 Å². The largest absolute Gasteiger partial charge is 0.493 e. The molecule has 1 fully saturated rings. The molecule has 1 saturated heterocycles. The van der Waals surface area contributed by atoms with Gasteiger partial charge < -0.3 is 39.8 Å². The first-order valence-corrected chi connectivity index (χ1v) is 18.6. The van der Waals surface area contributed by atoms with Crippen LogP contribution in [0.25, 0.3) is 0 Å². The topological polar surface area (TPSA) is 261 Å². The van der Waals surface area contributed by atoms with E-state index in [1.807, 2.05) is 0 Å². The molecular weight excluding hydrogens is 722 g/mol. The van der Waals surface area contributed by atoms with Crippen molar-refractivity contribution in [2.24, 2.45) is 5.41 Å². The molecular formula is C34H47N3O15S. The number of carboxylic acids is 1. The fraction of sp³-hybridized carbons (Fsp3) is 0.588. The minimum atomic E-state index is -4.66. The molecule has 4 unspecified atom stereocenters. The van der Waals surface area contributed by atoms with Crippen LogP contribution >= 0.6 is 0 Å². The monoisotopic (exact) mass is 769 g/mol. The summed E-state index contributed by atoms with van der Waals surface area (Å²) in [6, 6.07) is 2.99. The molecule has 0 saturated carbocycles. The number of nitrogens with one attached hydrogen (secondary N) is 2. The van der Waals surface area contributed by atoms with Crippen molar-refractivity contribution in [3.63, 3.8) is 0 Å². The van der Waals surface area contributed by atoms with E-state index in [1.165, 1.54) is 24.3 Å². The Labute approximate surface area is 306 Å². The molecule has 3 rings (SSSR count). The number of carbonyl (C=O) groups excluding carboxylic acids is 5. The molecule has 1 aromatic carbocycles. The zero-order valence-corrected chi connectivity index (χ0v) is 30.6. The third-order valence-corrected chi connectivity index (χ3v) is 8.67. The summed E-state index contributed by atoms with van der Waals surface area (Å²) in [5.41, 5.74) is -0.316. The summed E-state index contributed by atoms with van der Waals surface area (Å²) in [5.74, 6) is -4.66. The Hall–Kier alpha value is -4.59. The normalized spacial score (nSPS) is 19.4. The summed E-state index contributed by atoms with van der Waals surface area (Å²) in [4.78, 5) is 73.4. The van der Waals surface area contributed by atoms with Gasteiger partial charge in [0.25, 0.3) is 21.9 Å². The van der Waals surface area contributed by atoms with E-state index in [2.05, 4.69) is 10.6 Å². The highest BCUT2D eigenvalue weighted by Gasteiger charge is 2.34. The maximum absolute atomic E-state index is 12.8. The van der Waals surface area contributed by atoms with Crippen LogP contribution in [-0.2, 0) is 55.0 Å². The van der Waals surface area contributed by atoms with Gasteiger partial charge in [-0.2, -0.15) is 8.42 Å². The first-order chi connectivity index (χ1) is 24.8. The molecule has 4 amide bonds. The number of aliphatic hydroxyl groups is 1. The van der Waals surface area contributed by atoms with Crippen molar-refractivity contribution in [1.29, 1.82) is 0 Å². The molecule has 2 aliphatic rings. The lowest BCUT2D eigenvalue weighted by molar-refractivity contribution is -0.195. The fourth-order valence-corrected chi connectivity index (χ4v) is 5.76. The first kappa shape index (κ1) is 42.8. The van der Waals surface area contributed by atoms with Gasteiger partial charge in [-0.15, -0.1) is 0 Å². The number of esters is 1. The van der Waals surface area contributed by atoms with E-state index in [4.69, 9.17) is 18.9 Å². The molecule has 19 heteroatoms. The van der Waals surface area contributed by atoms with E-state index >= 15 is 0 Å². The first-order valence-electron chi connectivity index (χ1n) is 17.0. The van der Waals surface area contributed by atoms with Gasteiger partial charge >= 0.3 is 11.9 Å². The highest BCUT2D eigenvalue weighted by molar-refractivity contribution is 7.85. The number of carbonyl (C=O) groups is 6. The number of ether oxygens (including phenoxy) is 4. The van der Waals surface area contributed by atoms with Gasteiger partial charge in [-0.1, -0.05) is 6.42 Å². The van der Waals surface area contributed by atoms with Crippen LogP contribution in [0.1, 0.15) is 71.3 Å². The van der Waals surface area contributed by atoms with Crippen molar-refractivity contribution in [3.8, 4) is 11.5 Å². The molecule has 53 heavy (non-hydrogen) atoms. The third-order valence-electron chi connectivity index (χ3n) is 7.91. The van der Waals surface area contributed by atoms with Crippen molar-refractivity contribution in [1.82, 2.24) is 15.5 Å². The van der Waals surface area contributed by atoms with Gasteiger partial charge in [-0.25, -0.2) is 4.79 Å². The fourth-order valence-electron chi connectivity index (χ4n) is 5.10. The van der Waals surface area contributed by atoms with Crippen LogP contribution in [-0.4, -0.2) is 114 Å². The predicted molar refractivity (Wildman–Crippen MR) is 184 cm³/mol. The van der Waals surface area contributed by atoms with E-state index in [0.717, 1.165) is 4.90 Å². The second-order valence-electron chi connectivity index (χ2n) is 13.6. The molecule has 4 atom stereocenters. The van der Waals surface area contributed by atoms with Crippen molar-refractivity contribution >= 4 is 45.7 Å². The highest BCUT2D eigenvalue weighted by Crippen LogP contribution is 2.30. The van der Waals surface area contributed by atoms with E-state index in [0.29, 0.717) is 24.8 Å². The van der Waals surface area contributed by atoms with Crippen molar-refractivity contribution in [2.75, 3.05) is 25.4 Å². The minimum absolute atomic E-state index is 0.0102. The number of carboxylic acid groups (broad SMARTS) is 1. The van der Waals surface area contributed by atoms with E-state index < -0.39 is 81.4 Å². The van der Waals surface area contributed by atoms with Crippen LogP contribution in [0.15, 0.2) is 30.4 Å². The summed E-state index contributed by atoms with van der Waals surface area (Å²) in [5, 5.41) is 24.2. The Morgan fingerprint density at radius 1 is 1.04 bits per heavy atom. The van der Waals surface area contributed by atoms with Crippen molar-refractivity contribution in [3.05, 3.63) is 35.9 Å². The Morgan fingerprint density at radius 3 is 2.38 bits per heavy atom. The van der Waals surface area contributed by atoms with Crippen molar-refractivity contribution in [2.45, 2.75) is 96.9 Å². The summed E-state index contributed by atoms with van der Waals surface area (Å²) in [6.45, 7) is 5.06. The molecule has 294 valence electrons. The van der Waals surface area contributed by atoms with Gasteiger partial charge in [0.1, 0.15) is 29.9 Å². The van der Waals surface area contributed by atoms with Crippen LogP contribution < -0.4 is 20.1 Å². The number of benzene rings is 1. The van der Waals surface area contributed by atoms with E-state index in [-0.39, 0.29) is 63.5 Å². The van der Waals surface area contributed by atoms with Crippen LogP contribution in [0.4, 0.5) is 0 Å². The lowest BCUT2D eigenvalue weighted by Gasteiger charge is -2.31. The molecule has 5 N–H and O–H groups in total. The molecule has 0 bridgehead atoms. The molecule has 0 spiro atoms. The number of nitrogens with zero attached hydrogens (tertiary/aromatic N) is 1.